The van der Waals surface area contributed by atoms with Gasteiger partial charge in [-0.1, -0.05) is 41.4 Å². The predicted octanol–water partition coefficient (Wildman–Crippen LogP) is 5.92. The van der Waals surface area contributed by atoms with Crippen LogP contribution in [0.5, 0.6) is 0 Å². The SMILES string of the molecule is FC(F)(F)c1ccc(-c2cn(Cc3ccc(Cl)c(Cl)c3)cn2)cc1. The molecule has 0 radical (unpaired) electrons. The van der Waals surface area contributed by atoms with E-state index in [4.69, 9.17) is 23.2 Å². The Labute approximate surface area is 146 Å². The zero-order valence-corrected chi connectivity index (χ0v) is 13.7. The molecule has 1 heterocycles. The highest BCUT2D eigenvalue weighted by atomic mass is 35.5. The average Bonchev–Trinajstić information content (AvgIpc) is 2.99. The highest BCUT2D eigenvalue weighted by molar-refractivity contribution is 6.42. The van der Waals surface area contributed by atoms with Crippen LogP contribution in [-0.4, -0.2) is 9.55 Å². The third kappa shape index (κ3) is 3.74. The molecule has 0 aliphatic heterocycles. The summed E-state index contributed by atoms with van der Waals surface area (Å²) in [6, 6.07) is 10.3. The largest absolute Gasteiger partial charge is 0.416 e. The second kappa shape index (κ2) is 6.49. The summed E-state index contributed by atoms with van der Waals surface area (Å²) in [5.41, 5.74) is 1.49. The molecule has 0 bridgehead atoms. The van der Waals surface area contributed by atoms with Crippen LogP contribution in [0.3, 0.4) is 0 Å². The number of imidazole rings is 1. The van der Waals surface area contributed by atoms with Crippen LogP contribution in [0.4, 0.5) is 13.2 Å². The summed E-state index contributed by atoms with van der Waals surface area (Å²) in [5, 5.41) is 0.953. The molecule has 0 saturated carbocycles. The molecule has 2 nitrogen and oxygen atoms in total. The molecule has 0 amide bonds. The highest BCUT2D eigenvalue weighted by Crippen LogP contribution is 2.30. The lowest BCUT2D eigenvalue weighted by atomic mass is 10.1. The Kier molecular flexibility index (Phi) is 4.56. The first-order valence-electron chi connectivity index (χ1n) is 6.96. The van der Waals surface area contributed by atoms with E-state index in [0.717, 1.165) is 17.7 Å². The molecule has 0 aliphatic carbocycles. The Morgan fingerprint density at radius 2 is 1.67 bits per heavy atom. The molecule has 124 valence electrons. The van der Waals surface area contributed by atoms with Crippen LogP contribution in [0, 0.1) is 0 Å². The molecule has 0 saturated heterocycles. The number of rotatable bonds is 3. The number of halogens is 5. The van der Waals surface area contributed by atoms with E-state index in [2.05, 4.69) is 4.98 Å². The molecule has 3 rings (SSSR count). The molecule has 1 aromatic heterocycles. The van der Waals surface area contributed by atoms with Crippen LogP contribution >= 0.6 is 23.2 Å². The standard InChI is InChI=1S/C17H11Cl2F3N2/c18-14-6-1-11(7-15(14)19)8-24-9-16(23-10-24)12-2-4-13(5-3-12)17(20,21)22/h1-7,9-10H,8H2. The quantitative estimate of drug-likeness (QED) is 0.559. The molecule has 0 spiro atoms. The molecule has 2 aromatic carbocycles. The van der Waals surface area contributed by atoms with Gasteiger partial charge in [-0.3, -0.25) is 0 Å². The molecule has 0 unspecified atom stereocenters. The van der Waals surface area contributed by atoms with E-state index in [1.807, 2.05) is 10.6 Å². The number of alkyl halides is 3. The second-order valence-corrected chi connectivity index (χ2v) is 6.07. The Morgan fingerprint density at radius 3 is 2.29 bits per heavy atom. The number of nitrogens with zero attached hydrogens (tertiary/aromatic N) is 2. The van der Waals surface area contributed by atoms with Crippen molar-refractivity contribution in [2.24, 2.45) is 0 Å². The van der Waals surface area contributed by atoms with Crippen molar-refractivity contribution >= 4 is 23.2 Å². The smallest absolute Gasteiger partial charge is 0.332 e. The van der Waals surface area contributed by atoms with E-state index >= 15 is 0 Å². The Morgan fingerprint density at radius 1 is 0.958 bits per heavy atom. The van der Waals surface area contributed by atoms with Crippen molar-refractivity contribution < 1.29 is 13.2 Å². The van der Waals surface area contributed by atoms with Crippen LogP contribution < -0.4 is 0 Å². The van der Waals surface area contributed by atoms with Crippen molar-refractivity contribution in [3.63, 3.8) is 0 Å². The van der Waals surface area contributed by atoms with Crippen LogP contribution in [0.2, 0.25) is 10.0 Å². The Bertz CT molecular complexity index is 855. The molecule has 24 heavy (non-hydrogen) atoms. The fourth-order valence-corrected chi connectivity index (χ4v) is 2.60. The van der Waals surface area contributed by atoms with E-state index in [0.29, 0.717) is 27.8 Å². The van der Waals surface area contributed by atoms with E-state index in [1.165, 1.54) is 12.1 Å². The maximum atomic E-state index is 12.6. The van der Waals surface area contributed by atoms with Gasteiger partial charge in [0.05, 0.1) is 27.6 Å². The van der Waals surface area contributed by atoms with Gasteiger partial charge in [-0.15, -0.1) is 0 Å². The first-order chi connectivity index (χ1) is 11.3. The van der Waals surface area contributed by atoms with Gasteiger partial charge in [0, 0.05) is 18.3 Å². The zero-order chi connectivity index (χ0) is 17.3. The van der Waals surface area contributed by atoms with E-state index < -0.39 is 11.7 Å². The second-order valence-electron chi connectivity index (χ2n) is 5.25. The monoisotopic (exact) mass is 370 g/mol. The first-order valence-corrected chi connectivity index (χ1v) is 7.72. The molecular formula is C17H11Cl2F3N2. The first kappa shape index (κ1) is 16.9. The summed E-state index contributed by atoms with van der Waals surface area (Å²) in [5.74, 6) is 0. The zero-order valence-electron chi connectivity index (χ0n) is 12.2. The minimum absolute atomic E-state index is 0.470. The van der Waals surface area contributed by atoms with Crippen LogP contribution in [-0.2, 0) is 12.7 Å². The summed E-state index contributed by atoms with van der Waals surface area (Å²) < 4.78 is 39.6. The minimum Gasteiger partial charge on any atom is -0.332 e. The van der Waals surface area contributed by atoms with Crippen LogP contribution in [0.1, 0.15) is 11.1 Å². The summed E-state index contributed by atoms with van der Waals surface area (Å²) in [4.78, 5) is 4.24. The lowest BCUT2D eigenvalue weighted by Gasteiger charge is -2.06. The number of aromatic nitrogens is 2. The van der Waals surface area contributed by atoms with E-state index in [9.17, 15) is 13.2 Å². The van der Waals surface area contributed by atoms with Crippen molar-refractivity contribution in [2.45, 2.75) is 12.7 Å². The van der Waals surface area contributed by atoms with E-state index in [1.54, 1.807) is 24.7 Å². The van der Waals surface area contributed by atoms with Crippen molar-refractivity contribution in [2.75, 3.05) is 0 Å². The molecule has 0 fully saturated rings. The van der Waals surface area contributed by atoms with Gasteiger partial charge < -0.3 is 4.57 Å². The maximum absolute atomic E-state index is 12.6. The Balaban J connectivity index is 1.79. The molecule has 0 aliphatic rings. The lowest BCUT2D eigenvalue weighted by molar-refractivity contribution is -0.137. The van der Waals surface area contributed by atoms with Gasteiger partial charge in [0.15, 0.2) is 0 Å². The van der Waals surface area contributed by atoms with Crippen molar-refractivity contribution in [1.82, 2.24) is 9.55 Å². The number of hydrogen-bond donors (Lipinski definition) is 0. The summed E-state index contributed by atoms with van der Waals surface area (Å²) in [7, 11) is 0. The van der Waals surface area contributed by atoms with Crippen LogP contribution in [0.15, 0.2) is 55.0 Å². The summed E-state index contributed by atoms with van der Waals surface area (Å²) in [6.07, 6.45) is -0.952. The van der Waals surface area contributed by atoms with Crippen LogP contribution in [0.25, 0.3) is 11.3 Å². The van der Waals surface area contributed by atoms with Gasteiger partial charge in [0.2, 0.25) is 0 Å². The number of benzene rings is 2. The molecule has 7 heteroatoms. The van der Waals surface area contributed by atoms with Gasteiger partial charge in [0.1, 0.15) is 0 Å². The minimum atomic E-state index is -4.34. The van der Waals surface area contributed by atoms with Gasteiger partial charge >= 0.3 is 6.18 Å². The topological polar surface area (TPSA) is 17.8 Å². The fraction of sp³-hybridized carbons (Fsp3) is 0.118. The number of hydrogen-bond acceptors (Lipinski definition) is 1. The Hall–Kier alpha value is -1.98. The molecular weight excluding hydrogens is 360 g/mol. The van der Waals surface area contributed by atoms with Crippen molar-refractivity contribution in [3.05, 3.63) is 76.2 Å². The van der Waals surface area contributed by atoms with Crippen molar-refractivity contribution in [3.8, 4) is 11.3 Å². The molecule has 3 aromatic rings. The summed E-state index contributed by atoms with van der Waals surface area (Å²) in [6.45, 7) is 0.532. The third-order valence-corrected chi connectivity index (χ3v) is 4.23. The highest BCUT2D eigenvalue weighted by Gasteiger charge is 2.30. The molecule has 0 N–H and O–H groups in total. The van der Waals surface area contributed by atoms with Gasteiger partial charge in [-0.2, -0.15) is 13.2 Å². The normalized spacial score (nSPS) is 11.7. The fourth-order valence-electron chi connectivity index (χ4n) is 2.27. The van der Waals surface area contributed by atoms with E-state index in [-0.39, 0.29) is 0 Å². The van der Waals surface area contributed by atoms with Gasteiger partial charge in [0.25, 0.3) is 0 Å². The van der Waals surface area contributed by atoms with Gasteiger partial charge in [-0.25, -0.2) is 4.98 Å². The predicted molar refractivity (Wildman–Crippen MR) is 88.2 cm³/mol. The third-order valence-electron chi connectivity index (χ3n) is 3.49. The lowest BCUT2D eigenvalue weighted by Crippen LogP contribution is -2.03. The molecule has 0 atom stereocenters. The van der Waals surface area contributed by atoms with Gasteiger partial charge in [-0.05, 0) is 29.8 Å². The van der Waals surface area contributed by atoms with Crippen molar-refractivity contribution in [1.29, 1.82) is 0 Å². The summed E-state index contributed by atoms with van der Waals surface area (Å²) >= 11 is 11.9. The average molecular weight is 371 g/mol. The maximum Gasteiger partial charge on any atom is 0.416 e.